The minimum absolute atomic E-state index is 0.162. The van der Waals surface area contributed by atoms with E-state index in [1.54, 1.807) is 19.2 Å². The summed E-state index contributed by atoms with van der Waals surface area (Å²) >= 11 is 5.77. The first-order chi connectivity index (χ1) is 12.8. The quantitative estimate of drug-likeness (QED) is 0.780. The van der Waals surface area contributed by atoms with Crippen LogP contribution in [-0.2, 0) is 16.9 Å². The Hall–Kier alpha value is -2.60. The molecule has 0 saturated carbocycles. The third-order valence-corrected chi connectivity index (χ3v) is 5.17. The van der Waals surface area contributed by atoms with Crippen molar-refractivity contribution in [1.82, 2.24) is 10.2 Å². The average molecular weight is 391 g/mol. The van der Waals surface area contributed by atoms with Crippen molar-refractivity contribution >= 4 is 23.5 Å². The molecule has 3 rings (SSSR count). The Morgan fingerprint density at radius 1 is 1.22 bits per heavy atom. The van der Waals surface area contributed by atoms with Crippen LogP contribution in [0, 0.1) is 12.7 Å². The largest absolute Gasteiger partial charge is 0.496 e. The standard InChI is InChI=1S/C20H20ClFN2O3/c1-4-20(14-6-8-17(27-3)12(2)9-14)18(25)24(19(26)23-20)11-13-5-7-15(21)10-16(13)22/h5-10H,4,11H2,1-3H3,(H,23,26). The minimum atomic E-state index is -1.18. The number of ether oxygens (including phenoxy) is 1. The molecule has 27 heavy (non-hydrogen) atoms. The number of hydrogen-bond acceptors (Lipinski definition) is 3. The number of amides is 3. The van der Waals surface area contributed by atoms with E-state index < -0.39 is 23.3 Å². The zero-order valence-corrected chi connectivity index (χ0v) is 16.1. The number of carbonyl (C=O) groups is 2. The first kappa shape index (κ1) is 19.2. The summed E-state index contributed by atoms with van der Waals surface area (Å²) in [6.07, 6.45) is 0.364. The summed E-state index contributed by atoms with van der Waals surface area (Å²) in [7, 11) is 1.57. The van der Waals surface area contributed by atoms with Crippen molar-refractivity contribution in [3.63, 3.8) is 0 Å². The summed E-state index contributed by atoms with van der Waals surface area (Å²) in [5, 5.41) is 3.05. The third-order valence-electron chi connectivity index (χ3n) is 4.94. The highest BCUT2D eigenvalue weighted by Crippen LogP contribution is 2.35. The van der Waals surface area contributed by atoms with E-state index in [2.05, 4.69) is 5.32 Å². The number of rotatable bonds is 5. The lowest BCUT2D eigenvalue weighted by Gasteiger charge is -2.26. The molecule has 1 atom stereocenters. The molecule has 0 radical (unpaired) electrons. The Labute approximate surface area is 162 Å². The number of methoxy groups -OCH3 is 1. The highest BCUT2D eigenvalue weighted by molar-refractivity contribution is 6.30. The maximum atomic E-state index is 14.1. The Kier molecular flexibility index (Phi) is 5.11. The lowest BCUT2D eigenvalue weighted by molar-refractivity contribution is -0.132. The SMILES string of the molecule is CCC1(c2ccc(OC)c(C)c2)NC(=O)N(Cc2ccc(Cl)cc2F)C1=O. The number of benzene rings is 2. The molecule has 142 valence electrons. The van der Waals surface area contributed by atoms with Gasteiger partial charge in [0.05, 0.1) is 13.7 Å². The molecule has 1 heterocycles. The summed E-state index contributed by atoms with van der Waals surface area (Å²) in [4.78, 5) is 26.8. The fourth-order valence-corrected chi connectivity index (χ4v) is 3.53. The Bertz CT molecular complexity index is 918. The predicted molar refractivity (Wildman–Crippen MR) is 100 cm³/mol. The monoisotopic (exact) mass is 390 g/mol. The number of nitrogens with one attached hydrogen (secondary N) is 1. The van der Waals surface area contributed by atoms with Crippen LogP contribution in [0.25, 0.3) is 0 Å². The maximum Gasteiger partial charge on any atom is 0.325 e. The summed E-state index contributed by atoms with van der Waals surface area (Å²) in [5.41, 5.74) is 0.560. The van der Waals surface area contributed by atoms with E-state index in [1.165, 1.54) is 12.1 Å². The molecular formula is C20H20ClFN2O3. The summed E-state index contributed by atoms with van der Waals surface area (Å²) in [5.74, 6) is -0.270. The van der Waals surface area contributed by atoms with Gasteiger partial charge in [0.15, 0.2) is 0 Å². The van der Waals surface area contributed by atoms with E-state index in [0.29, 0.717) is 17.7 Å². The summed E-state index contributed by atoms with van der Waals surface area (Å²) in [6.45, 7) is 3.53. The number of carbonyl (C=O) groups excluding carboxylic acids is 2. The molecule has 0 bridgehead atoms. The van der Waals surface area contributed by atoms with Crippen LogP contribution in [0.2, 0.25) is 5.02 Å². The summed E-state index contributed by atoms with van der Waals surface area (Å²) < 4.78 is 19.4. The van der Waals surface area contributed by atoms with Gasteiger partial charge >= 0.3 is 6.03 Å². The fraction of sp³-hybridized carbons (Fsp3) is 0.300. The molecule has 0 spiro atoms. The van der Waals surface area contributed by atoms with Crippen LogP contribution in [0.3, 0.4) is 0 Å². The van der Waals surface area contributed by atoms with Crippen LogP contribution in [-0.4, -0.2) is 23.9 Å². The van der Waals surface area contributed by atoms with Gasteiger partial charge in [0.25, 0.3) is 5.91 Å². The Morgan fingerprint density at radius 2 is 1.96 bits per heavy atom. The number of imide groups is 1. The minimum Gasteiger partial charge on any atom is -0.496 e. The molecular weight excluding hydrogens is 371 g/mol. The van der Waals surface area contributed by atoms with Gasteiger partial charge < -0.3 is 10.1 Å². The molecule has 7 heteroatoms. The molecule has 2 aromatic rings. The average Bonchev–Trinajstić information content (AvgIpc) is 2.88. The maximum absolute atomic E-state index is 14.1. The fourth-order valence-electron chi connectivity index (χ4n) is 3.37. The second kappa shape index (κ2) is 7.19. The normalized spacial score (nSPS) is 19.4. The van der Waals surface area contributed by atoms with Gasteiger partial charge in [0, 0.05) is 10.6 Å². The second-order valence-corrected chi connectivity index (χ2v) is 6.94. The first-order valence-electron chi connectivity index (χ1n) is 8.55. The molecule has 1 unspecified atom stereocenters. The van der Waals surface area contributed by atoms with Crippen molar-refractivity contribution in [2.45, 2.75) is 32.4 Å². The molecule has 0 aromatic heterocycles. The number of nitrogens with zero attached hydrogens (tertiary/aromatic N) is 1. The van der Waals surface area contributed by atoms with Gasteiger partial charge in [-0.25, -0.2) is 9.18 Å². The van der Waals surface area contributed by atoms with Crippen LogP contribution < -0.4 is 10.1 Å². The lowest BCUT2D eigenvalue weighted by atomic mass is 9.86. The van der Waals surface area contributed by atoms with Crippen molar-refractivity contribution in [3.05, 3.63) is 63.9 Å². The van der Waals surface area contributed by atoms with Gasteiger partial charge in [-0.05, 0) is 48.7 Å². The van der Waals surface area contributed by atoms with Crippen LogP contribution >= 0.6 is 11.6 Å². The van der Waals surface area contributed by atoms with E-state index in [4.69, 9.17) is 16.3 Å². The van der Waals surface area contributed by atoms with Gasteiger partial charge in [-0.1, -0.05) is 30.7 Å². The zero-order chi connectivity index (χ0) is 19.8. The van der Waals surface area contributed by atoms with Gasteiger partial charge in [0.1, 0.15) is 17.1 Å². The zero-order valence-electron chi connectivity index (χ0n) is 15.3. The lowest BCUT2D eigenvalue weighted by Crippen LogP contribution is -2.43. The number of urea groups is 1. The first-order valence-corrected chi connectivity index (χ1v) is 8.93. The molecule has 1 N–H and O–H groups in total. The second-order valence-electron chi connectivity index (χ2n) is 6.50. The van der Waals surface area contributed by atoms with Crippen LogP contribution in [0.15, 0.2) is 36.4 Å². The molecule has 3 amide bonds. The van der Waals surface area contributed by atoms with Crippen molar-refractivity contribution in [2.75, 3.05) is 7.11 Å². The molecule has 1 aliphatic rings. The van der Waals surface area contributed by atoms with Gasteiger partial charge in [-0.3, -0.25) is 9.69 Å². The third kappa shape index (κ3) is 3.25. The summed E-state index contributed by atoms with van der Waals surface area (Å²) in [6, 6.07) is 8.97. The molecule has 1 aliphatic heterocycles. The molecule has 1 saturated heterocycles. The smallest absolute Gasteiger partial charge is 0.325 e. The van der Waals surface area contributed by atoms with Crippen molar-refractivity contribution in [1.29, 1.82) is 0 Å². The van der Waals surface area contributed by atoms with Gasteiger partial charge in [-0.2, -0.15) is 0 Å². The molecule has 2 aromatic carbocycles. The number of hydrogen-bond donors (Lipinski definition) is 1. The molecule has 1 fully saturated rings. The van der Waals surface area contributed by atoms with Crippen molar-refractivity contribution < 1.29 is 18.7 Å². The highest BCUT2D eigenvalue weighted by Gasteiger charge is 2.51. The van der Waals surface area contributed by atoms with Crippen LogP contribution in [0.4, 0.5) is 9.18 Å². The van der Waals surface area contributed by atoms with Crippen LogP contribution in [0.1, 0.15) is 30.0 Å². The van der Waals surface area contributed by atoms with Crippen LogP contribution in [0.5, 0.6) is 5.75 Å². The molecule has 0 aliphatic carbocycles. The number of aryl methyl sites for hydroxylation is 1. The van der Waals surface area contributed by atoms with E-state index in [0.717, 1.165) is 16.5 Å². The van der Waals surface area contributed by atoms with E-state index in [1.807, 2.05) is 19.9 Å². The van der Waals surface area contributed by atoms with Gasteiger partial charge in [0.2, 0.25) is 0 Å². The van der Waals surface area contributed by atoms with E-state index >= 15 is 0 Å². The topological polar surface area (TPSA) is 58.6 Å². The molecule has 5 nitrogen and oxygen atoms in total. The van der Waals surface area contributed by atoms with E-state index in [9.17, 15) is 14.0 Å². The Morgan fingerprint density at radius 3 is 2.56 bits per heavy atom. The highest BCUT2D eigenvalue weighted by atomic mass is 35.5. The van der Waals surface area contributed by atoms with E-state index in [-0.39, 0.29) is 17.1 Å². The Balaban J connectivity index is 1.96. The van der Waals surface area contributed by atoms with Crippen molar-refractivity contribution in [3.8, 4) is 5.75 Å². The number of halogens is 2. The predicted octanol–water partition coefficient (Wildman–Crippen LogP) is 4.15. The van der Waals surface area contributed by atoms with Crippen molar-refractivity contribution in [2.24, 2.45) is 0 Å². The van der Waals surface area contributed by atoms with Gasteiger partial charge in [-0.15, -0.1) is 0 Å².